The van der Waals surface area contributed by atoms with Gasteiger partial charge in [-0.15, -0.1) is 0 Å². The Bertz CT molecular complexity index is 797. The second-order valence-corrected chi connectivity index (χ2v) is 6.37. The second kappa shape index (κ2) is 9.31. The Morgan fingerprint density at radius 2 is 1.77 bits per heavy atom. The molecule has 2 rings (SSSR count). The molecular formula is C18H18Cl2N2O4. The minimum absolute atomic E-state index is 0.0870. The molecule has 138 valence electrons. The molecule has 0 aliphatic rings. The number of halogens is 2. The molecule has 0 spiro atoms. The first kappa shape index (κ1) is 19.9. The molecule has 2 aromatic carbocycles. The number of hydrogen-bond acceptors (Lipinski definition) is 4. The lowest BCUT2D eigenvalue weighted by Gasteiger charge is -2.14. The highest BCUT2D eigenvalue weighted by Gasteiger charge is 2.14. The van der Waals surface area contributed by atoms with Crippen LogP contribution >= 0.6 is 23.2 Å². The molecule has 0 aliphatic carbocycles. The van der Waals surface area contributed by atoms with Gasteiger partial charge < -0.3 is 9.47 Å². The largest absolute Gasteiger partial charge is 0.490 e. The van der Waals surface area contributed by atoms with E-state index in [2.05, 4.69) is 10.9 Å². The topological polar surface area (TPSA) is 76.7 Å². The minimum atomic E-state index is -0.549. The van der Waals surface area contributed by atoms with Crippen LogP contribution in [0.3, 0.4) is 0 Å². The Balaban J connectivity index is 1.88. The van der Waals surface area contributed by atoms with Crippen LogP contribution in [0.15, 0.2) is 42.5 Å². The van der Waals surface area contributed by atoms with E-state index in [0.717, 1.165) is 0 Å². The van der Waals surface area contributed by atoms with Crippen molar-refractivity contribution in [2.45, 2.75) is 20.0 Å². The van der Waals surface area contributed by atoms with E-state index in [0.29, 0.717) is 22.1 Å². The van der Waals surface area contributed by atoms with Gasteiger partial charge in [-0.3, -0.25) is 20.4 Å². The molecule has 0 bridgehead atoms. The maximum Gasteiger partial charge on any atom is 0.276 e. The molecule has 0 aromatic heterocycles. The fraction of sp³-hybridized carbons (Fsp3) is 0.222. The van der Waals surface area contributed by atoms with Gasteiger partial charge in [0.15, 0.2) is 6.61 Å². The van der Waals surface area contributed by atoms with Crippen molar-refractivity contribution < 1.29 is 19.1 Å². The summed E-state index contributed by atoms with van der Waals surface area (Å²) in [6.45, 7) is 3.39. The minimum Gasteiger partial charge on any atom is -0.490 e. The molecule has 0 atom stereocenters. The number of nitrogens with one attached hydrogen (secondary N) is 2. The summed E-state index contributed by atoms with van der Waals surface area (Å²) in [5, 5.41) is 0.746. The molecule has 0 aliphatic heterocycles. The average Bonchev–Trinajstić information content (AvgIpc) is 2.59. The van der Waals surface area contributed by atoms with Crippen molar-refractivity contribution in [2.24, 2.45) is 0 Å². The van der Waals surface area contributed by atoms with Crippen LogP contribution in [0.5, 0.6) is 11.5 Å². The molecule has 0 heterocycles. The molecule has 0 saturated carbocycles. The third kappa shape index (κ3) is 5.82. The second-order valence-electron chi connectivity index (χ2n) is 5.53. The van der Waals surface area contributed by atoms with Crippen LogP contribution in [0.1, 0.15) is 24.2 Å². The van der Waals surface area contributed by atoms with Crippen LogP contribution in [0.25, 0.3) is 0 Å². The summed E-state index contributed by atoms with van der Waals surface area (Å²) in [5.74, 6) is -0.308. The number of rotatable bonds is 6. The lowest BCUT2D eigenvalue weighted by molar-refractivity contribution is -0.123. The van der Waals surface area contributed by atoms with Crippen LogP contribution in [-0.2, 0) is 4.79 Å². The number of hydrazine groups is 1. The van der Waals surface area contributed by atoms with E-state index in [1.807, 2.05) is 13.8 Å². The highest BCUT2D eigenvalue weighted by molar-refractivity contribution is 6.35. The number of amides is 2. The summed E-state index contributed by atoms with van der Waals surface area (Å²) < 4.78 is 10.9. The Morgan fingerprint density at radius 1 is 1.04 bits per heavy atom. The highest BCUT2D eigenvalue weighted by atomic mass is 35.5. The lowest BCUT2D eigenvalue weighted by Crippen LogP contribution is -2.44. The van der Waals surface area contributed by atoms with E-state index in [4.69, 9.17) is 32.7 Å². The fourth-order valence-corrected chi connectivity index (χ4v) is 2.44. The predicted octanol–water partition coefficient (Wildman–Crippen LogP) is 3.62. The maximum atomic E-state index is 12.2. The predicted molar refractivity (Wildman–Crippen MR) is 99.8 cm³/mol. The van der Waals surface area contributed by atoms with Crippen molar-refractivity contribution in [3.63, 3.8) is 0 Å². The normalized spacial score (nSPS) is 10.3. The molecule has 0 fully saturated rings. The summed E-state index contributed by atoms with van der Waals surface area (Å²) in [6.07, 6.45) is -0.0870. The zero-order valence-corrected chi connectivity index (χ0v) is 15.7. The van der Waals surface area contributed by atoms with E-state index in [-0.39, 0.29) is 17.7 Å². The molecule has 2 N–H and O–H groups in total. The van der Waals surface area contributed by atoms with E-state index < -0.39 is 11.8 Å². The molecule has 6 nitrogen and oxygen atoms in total. The summed E-state index contributed by atoms with van der Waals surface area (Å²) in [6, 6.07) is 11.4. The van der Waals surface area contributed by atoms with Gasteiger partial charge in [-0.25, -0.2) is 0 Å². The lowest BCUT2D eigenvalue weighted by atomic mass is 10.2. The number of hydrogen-bond donors (Lipinski definition) is 2. The number of para-hydroxylation sites is 1. The monoisotopic (exact) mass is 396 g/mol. The van der Waals surface area contributed by atoms with E-state index in [1.165, 1.54) is 6.07 Å². The molecule has 0 radical (unpaired) electrons. The van der Waals surface area contributed by atoms with Gasteiger partial charge in [0, 0.05) is 5.02 Å². The Labute approximate surface area is 161 Å². The average molecular weight is 397 g/mol. The van der Waals surface area contributed by atoms with Crippen molar-refractivity contribution >= 4 is 35.0 Å². The molecule has 0 unspecified atom stereocenters. The van der Waals surface area contributed by atoms with Crippen LogP contribution in [0, 0.1) is 0 Å². The van der Waals surface area contributed by atoms with Crippen LogP contribution in [0.2, 0.25) is 10.0 Å². The maximum absolute atomic E-state index is 12.2. The van der Waals surface area contributed by atoms with E-state index in [9.17, 15) is 9.59 Å². The van der Waals surface area contributed by atoms with Crippen LogP contribution < -0.4 is 20.3 Å². The first-order chi connectivity index (χ1) is 12.4. The van der Waals surface area contributed by atoms with Crippen molar-refractivity contribution in [1.82, 2.24) is 10.9 Å². The van der Waals surface area contributed by atoms with Gasteiger partial charge in [-0.05, 0) is 44.2 Å². The number of benzene rings is 2. The standard InChI is InChI=1S/C18H18Cl2N2O4/c1-11(2)26-15-6-4-3-5-13(15)18(24)22-21-17(23)10-25-16-8-7-12(19)9-14(16)20/h3-9,11H,10H2,1-2H3,(H,21,23)(H,22,24). The van der Waals surface area contributed by atoms with Crippen molar-refractivity contribution in [2.75, 3.05) is 6.61 Å². The van der Waals surface area contributed by atoms with Gasteiger partial charge >= 0.3 is 0 Å². The smallest absolute Gasteiger partial charge is 0.276 e. The molecular weight excluding hydrogens is 379 g/mol. The number of carbonyl (C=O) groups is 2. The van der Waals surface area contributed by atoms with Crippen molar-refractivity contribution in [1.29, 1.82) is 0 Å². The van der Waals surface area contributed by atoms with E-state index >= 15 is 0 Å². The van der Waals surface area contributed by atoms with Gasteiger partial charge in [-0.2, -0.15) is 0 Å². The summed E-state index contributed by atoms with van der Waals surface area (Å²) in [7, 11) is 0. The van der Waals surface area contributed by atoms with Gasteiger partial charge in [0.25, 0.3) is 11.8 Å². The number of carbonyl (C=O) groups excluding carboxylic acids is 2. The fourth-order valence-electron chi connectivity index (χ4n) is 1.98. The third-order valence-corrected chi connectivity index (χ3v) is 3.59. The van der Waals surface area contributed by atoms with Crippen molar-refractivity contribution in [3.8, 4) is 11.5 Å². The Hall–Kier alpha value is -2.44. The van der Waals surface area contributed by atoms with E-state index in [1.54, 1.807) is 36.4 Å². The van der Waals surface area contributed by atoms with Gasteiger partial charge in [0.1, 0.15) is 11.5 Å². The van der Waals surface area contributed by atoms with Crippen LogP contribution in [-0.4, -0.2) is 24.5 Å². The highest BCUT2D eigenvalue weighted by Crippen LogP contribution is 2.27. The molecule has 26 heavy (non-hydrogen) atoms. The van der Waals surface area contributed by atoms with Gasteiger partial charge in [0.2, 0.25) is 0 Å². The molecule has 8 heteroatoms. The Morgan fingerprint density at radius 3 is 2.46 bits per heavy atom. The van der Waals surface area contributed by atoms with Crippen molar-refractivity contribution in [3.05, 3.63) is 58.1 Å². The zero-order chi connectivity index (χ0) is 19.1. The van der Waals surface area contributed by atoms with Gasteiger partial charge in [-0.1, -0.05) is 35.3 Å². The number of ether oxygens (including phenoxy) is 2. The Kier molecular flexibility index (Phi) is 7.12. The first-order valence-corrected chi connectivity index (χ1v) is 8.55. The summed E-state index contributed by atoms with van der Waals surface area (Å²) in [4.78, 5) is 24.1. The summed E-state index contributed by atoms with van der Waals surface area (Å²) >= 11 is 11.7. The quantitative estimate of drug-likeness (QED) is 0.730. The van der Waals surface area contributed by atoms with Gasteiger partial charge in [0.05, 0.1) is 16.7 Å². The van der Waals surface area contributed by atoms with Crippen LogP contribution in [0.4, 0.5) is 0 Å². The zero-order valence-electron chi connectivity index (χ0n) is 14.2. The third-order valence-electron chi connectivity index (χ3n) is 3.06. The SMILES string of the molecule is CC(C)Oc1ccccc1C(=O)NNC(=O)COc1ccc(Cl)cc1Cl. The molecule has 2 aromatic rings. The summed E-state index contributed by atoms with van der Waals surface area (Å²) in [5.41, 5.74) is 4.90. The first-order valence-electron chi connectivity index (χ1n) is 7.79. The molecule has 2 amide bonds. The molecule has 0 saturated heterocycles.